The zero-order valence-electron chi connectivity index (χ0n) is 15.2. The fourth-order valence-corrected chi connectivity index (χ4v) is 3.08. The van der Waals surface area contributed by atoms with Gasteiger partial charge in [-0.15, -0.1) is 11.8 Å². The summed E-state index contributed by atoms with van der Waals surface area (Å²) in [5, 5.41) is 6.17. The molecule has 3 aromatic rings. The van der Waals surface area contributed by atoms with Crippen LogP contribution in [0.3, 0.4) is 0 Å². The Kier molecular flexibility index (Phi) is 6.42. The number of thioether (sulfide) groups is 1. The number of benzene rings is 2. The van der Waals surface area contributed by atoms with E-state index < -0.39 is 17.6 Å². The molecule has 0 spiro atoms. The first-order valence-corrected chi connectivity index (χ1v) is 9.53. The van der Waals surface area contributed by atoms with E-state index in [4.69, 9.17) is 9.26 Å². The molecule has 0 atom stereocenters. The van der Waals surface area contributed by atoms with Gasteiger partial charge in [0, 0.05) is 5.56 Å². The van der Waals surface area contributed by atoms with Crippen LogP contribution in [0.5, 0.6) is 5.75 Å². The SMILES string of the molecule is COc1ccc(-c2noc(CSCC(=O)Nc3ccccc3C(F)(F)F)n2)cc1. The molecule has 1 N–H and O–H groups in total. The van der Waals surface area contributed by atoms with Gasteiger partial charge in [-0.3, -0.25) is 4.79 Å². The van der Waals surface area contributed by atoms with Crippen LogP contribution in [0, 0.1) is 0 Å². The summed E-state index contributed by atoms with van der Waals surface area (Å²) in [6.45, 7) is 0. The van der Waals surface area contributed by atoms with Gasteiger partial charge >= 0.3 is 6.18 Å². The van der Waals surface area contributed by atoms with Gasteiger partial charge in [-0.1, -0.05) is 17.3 Å². The average molecular weight is 423 g/mol. The Morgan fingerprint density at radius 3 is 2.59 bits per heavy atom. The van der Waals surface area contributed by atoms with Crippen LogP contribution in [0.2, 0.25) is 0 Å². The molecule has 29 heavy (non-hydrogen) atoms. The van der Waals surface area contributed by atoms with E-state index in [1.54, 1.807) is 31.4 Å². The smallest absolute Gasteiger partial charge is 0.418 e. The number of hydrogen-bond donors (Lipinski definition) is 1. The molecule has 0 aliphatic rings. The van der Waals surface area contributed by atoms with Crippen molar-refractivity contribution in [3.8, 4) is 17.1 Å². The summed E-state index contributed by atoms with van der Waals surface area (Å²) < 4.78 is 49.1. The first-order valence-electron chi connectivity index (χ1n) is 8.37. The highest BCUT2D eigenvalue weighted by atomic mass is 32.2. The van der Waals surface area contributed by atoms with Crippen molar-refractivity contribution in [2.24, 2.45) is 0 Å². The van der Waals surface area contributed by atoms with Crippen molar-refractivity contribution in [2.45, 2.75) is 11.9 Å². The van der Waals surface area contributed by atoms with E-state index in [1.165, 1.54) is 18.2 Å². The topological polar surface area (TPSA) is 77.2 Å². The van der Waals surface area contributed by atoms with E-state index in [-0.39, 0.29) is 17.2 Å². The Morgan fingerprint density at radius 2 is 1.90 bits per heavy atom. The van der Waals surface area contributed by atoms with Crippen LogP contribution in [-0.4, -0.2) is 28.9 Å². The number of aromatic nitrogens is 2. The van der Waals surface area contributed by atoms with Crippen LogP contribution in [0.25, 0.3) is 11.4 Å². The van der Waals surface area contributed by atoms with E-state index in [2.05, 4.69) is 15.5 Å². The molecule has 0 unspecified atom stereocenters. The molecule has 0 aliphatic heterocycles. The van der Waals surface area contributed by atoms with E-state index >= 15 is 0 Å². The third-order valence-corrected chi connectivity index (χ3v) is 4.70. The predicted octanol–water partition coefficient (Wildman–Crippen LogP) is 4.64. The molecule has 0 bridgehead atoms. The van der Waals surface area contributed by atoms with Crippen molar-refractivity contribution in [3.63, 3.8) is 0 Å². The summed E-state index contributed by atoms with van der Waals surface area (Å²) >= 11 is 1.15. The van der Waals surface area contributed by atoms with Gasteiger partial charge in [0.05, 0.1) is 29.9 Å². The Morgan fingerprint density at radius 1 is 1.17 bits per heavy atom. The summed E-state index contributed by atoms with van der Waals surface area (Å²) in [4.78, 5) is 16.2. The Hall–Kier alpha value is -3.01. The number of alkyl halides is 3. The lowest BCUT2D eigenvalue weighted by atomic mass is 10.1. The number of para-hydroxylation sites is 1. The number of rotatable bonds is 7. The second-order valence-corrected chi connectivity index (χ2v) is 6.81. The second kappa shape index (κ2) is 8.99. The van der Waals surface area contributed by atoms with Crippen molar-refractivity contribution < 1.29 is 27.2 Å². The number of methoxy groups -OCH3 is 1. The Bertz CT molecular complexity index is 975. The van der Waals surface area contributed by atoms with E-state index in [0.717, 1.165) is 23.4 Å². The third-order valence-electron chi connectivity index (χ3n) is 3.78. The minimum absolute atomic E-state index is 0.0631. The van der Waals surface area contributed by atoms with Crippen molar-refractivity contribution >= 4 is 23.4 Å². The highest BCUT2D eigenvalue weighted by Crippen LogP contribution is 2.34. The number of carbonyl (C=O) groups excluding carboxylic acids is 1. The molecule has 152 valence electrons. The standard InChI is InChI=1S/C19H16F3N3O3S/c1-27-13-8-6-12(7-9-13)18-24-17(28-25-18)11-29-10-16(26)23-15-5-3-2-4-14(15)19(20,21)22/h2-9H,10-11H2,1H3,(H,23,26). The molecule has 2 aromatic carbocycles. The lowest BCUT2D eigenvalue weighted by molar-refractivity contribution is -0.137. The quantitative estimate of drug-likeness (QED) is 0.597. The Labute approximate surface area is 168 Å². The summed E-state index contributed by atoms with van der Waals surface area (Å²) in [5.41, 5.74) is -0.420. The molecular formula is C19H16F3N3O3S. The number of hydrogen-bond acceptors (Lipinski definition) is 6. The van der Waals surface area contributed by atoms with Gasteiger partial charge in [0.15, 0.2) is 0 Å². The zero-order chi connectivity index (χ0) is 20.9. The third kappa shape index (κ3) is 5.50. The average Bonchev–Trinajstić information content (AvgIpc) is 3.16. The second-order valence-electron chi connectivity index (χ2n) is 5.82. The number of halogens is 3. The van der Waals surface area contributed by atoms with Gasteiger partial charge in [-0.05, 0) is 36.4 Å². The van der Waals surface area contributed by atoms with Gasteiger partial charge in [-0.2, -0.15) is 18.2 Å². The van der Waals surface area contributed by atoms with Gasteiger partial charge in [0.1, 0.15) is 5.75 Å². The van der Waals surface area contributed by atoms with Crippen LogP contribution in [0.15, 0.2) is 53.1 Å². The molecule has 1 heterocycles. The van der Waals surface area contributed by atoms with Crippen LogP contribution >= 0.6 is 11.8 Å². The number of anilines is 1. The molecule has 0 saturated heterocycles. The largest absolute Gasteiger partial charge is 0.497 e. The Balaban J connectivity index is 1.53. The van der Waals surface area contributed by atoms with E-state index in [1.807, 2.05) is 0 Å². The maximum Gasteiger partial charge on any atom is 0.418 e. The van der Waals surface area contributed by atoms with E-state index in [9.17, 15) is 18.0 Å². The minimum Gasteiger partial charge on any atom is -0.497 e. The monoisotopic (exact) mass is 423 g/mol. The molecule has 0 aliphatic carbocycles. The first kappa shape index (κ1) is 20.7. The molecule has 6 nitrogen and oxygen atoms in total. The molecule has 3 rings (SSSR count). The maximum absolute atomic E-state index is 13.0. The fourth-order valence-electron chi connectivity index (χ4n) is 2.43. The molecular weight excluding hydrogens is 407 g/mol. The number of nitrogens with one attached hydrogen (secondary N) is 1. The molecule has 0 saturated carbocycles. The van der Waals surface area contributed by atoms with Crippen LogP contribution in [-0.2, 0) is 16.7 Å². The van der Waals surface area contributed by atoms with E-state index in [0.29, 0.717) is 17.5 Å². The summed E-state index contributed by atoms with van der Waals surface area (Å²) in [5.74, 6) is 1.04. The lowest BCUT2D eigenvalue weighted by Gasteiger charge is -2.13. The minimum atomic E-state index is -4.54. The highest BCUT2D eigenvalue weighted by Gasteiger charge is 2.33. The maximum atomic E-state index is 13.0. The summed E-state index contributed by atoms with van der Waals surface area (Å²) in [7, 11) is 1.57. The predicted molar refractivity (Wildman–Crippen MR) is 103 cm³/mol. The van der Waals surface area contributed by atoms with Crippen LogP contribution < -0.4 is 10.1 Å². The van der Waals surface area contributed by atoms with Crippen molar-refractivity contribution in [2.75, 3.05) is 18.2 Å². The van der Waals surface area contributed by atoms with Gasteiger partial charge in [0.2, 0.25) is 17.6 Å². The first-order chi connectivity index (χ1) is 13.9. The van der Waals surface area contributed by atoms with Crippen LogP contribution in [0.1, 0.15) is 11.5 Å². The zero-order valence-corrected chi connectivity index (χ0v) is 16.0. The van der Waals surface area contributed by atoms with Crippen molar-refractivity contribution in [1.29, 1.82) is 0 Å². The van der Waals surface area contributed by atoms with Gasteiger partial charge in [0.25, 0.3) is 0 Å². The van der Waals surface area contributed by atoms with Gasteiger partial charge < -0.3 is 14.6 Å². The molecule has 0 radical (unpaired) electrons. The molecule has 1 aromatic heterocycles. The summed E-state index contributed by atoms with van der Waals surface area (Å²) in [6.07, 6.45) is -4.54. The lowest BCUT2D eigenvalue weighted by Crippen LogP contribution is -2.18. The highest BCUT2D eigenvalue weighted by molar-refractivity contribution is 7.99. The number of carbonyl (C=O) groups is 1. The van der Waals surface area contributed by atoms with Crippen molar-refractivity contribution in [1.82, 2.24) is 10.1 Å². The number of amides is 1. The fraction of sp³-hybridized carbons (Fsp3) is 0.211. The number of nitrogens with zero attached hydrogens (tertiary/aromatic N) is 2. The van der Waals surface area contributed by atoms with Gasteiger partial charge in [-0.25, -0.2) is 0 Å². The molecule has 0 fully saturated rings. The van der Waals surface area contributed by atoms with Crippen molar-refractivity contribution in [3.05, 3.63) is 60.0 Å². The normalized spacial score (nSPS) is 11.3. The summed E-state index contributed by atoms with van der Waals surface area (Å²) in [6, 6.07) is 11.9. The molecule has 1 amide bonds. The van der Waals surface area contributed by atoms with Crippen LogP contribution in [0.4, 0.5) is 18.9 Å². The number of ether oxygens (including phenoxy) is 1. The molecule has 10 heteroatoms.